The first kappa shape index (κ1) is 12.9. The van der Waals surface area contributed by atoms with Gasteiger partial charge in [-0.15, -0.1) is 11.8 Å². The first-order chi connectivity index (χ1) is 7.02. The largest absolute Gasteiger partial charge is 0.327 e. The Morgan fingerprint density at radius 1 is 1.20 bits per heavy atom. The number of rotatable bonds is 4. The smallest absolute Gasteiger partial charge is 0.0462 e. The van der Waals surface area contributed by atoms with Gasteiger partial charge in [-0.3, -0.25) is 0 Å². The molecule has 2 N–H and O–H groups in total. The van der Waals surface area contributed by atoms with Crippen LogP contribution in [0.3, 0.4) is 0 Å². The molecule has 0 heterocycles. The third kappa shape index (κ3) is 3.71. The molecule has 0 aromatic heterocycles. The number of hydrogen-bond donors (Lipinski definition) is 1. The van der Waals surface area contributed by atoms with Crippen molar-refractivity contribution in [2.75, 3.05) is 0 Å². The summed E-state index contributed by atoms with van der Waals surface area (Å²) >= 11 is 8.04. The van der Waals surface area contributed by atoms with E-state index in [0.717, 1.165) is 10.6 Å². The van der Waals surface area contributed by atoms with Gasteiger partial charge in [0.15, 0.2) is 0 Å². The van der Waals surface area contributed by atoms with Gasteiger partial charge in [0.05, 0.1) is 0 Å². The number of benzene rings is 1. The predicted molar refractivity (Wildman–Crippen MR) is 70.6 cm³/mol. The van der Waals surface area contributed by atoms with Crippen molar-refractivity contribution in [1.29, 1.82) is 0 Å². The summed E-state index contributed by atoms with van der Waals surface area (Å²) in [5, 5.41) is 1.64. The molecule has 1 aromatic rings. The van der Waals surface area contributed by atoms with E-state index in [1.165, 1.54) is 0 Å². The number of thioether (sulfide) groups is 1. The average Bonchev–Trinajstić information content (AvgIpc) is 2.15. The van der Waals surface area contributed by atoms with Gasteiger partial charge in [-0.1, -0.05) is 43.6 Å². The van der Waals surface area contributed by atoms with Crippen molar-refractivity contribution in [2.24, 2.45) is 5.73 Å². The van der Waals surface area contributed by atoms with Gasteiger partial charge in [-0.2, -0.15) is 0 Å². The summed E-state index contributed by atoms with van der Waals surface area (Å²) in [5.41, 5.74) is 7.15. The van der Waals surface area contributed by atoms with Crippen molar-refractivity contribution < 1.29 is 0 Å². The van der Waals surface area contributed by atoms with Crippen LogP contribution in [0.1, 0.15) is 31.6 Å². The van der Waals surface area contributed by atoms with E-state index in [-0.39, 0.29) is 11.3 Å². The minimum Gasteiger partial charge on any atom is -0.327 e. The van der Waals surface area contributed by atoms with Crippen molar-refractivity contribution in [2.45, 2.75) is 37.3 Å². The molecular formula is C12H18ClNS. The molecule has 2 unspecified atom stereocenters. The van der Waals surface area contributed by atoms with Gasteiger partial charge in [0, 0.05) is 16.3 Å². The zero-order chi connectivity index (χ0) is 11.4. The Hall–Kier alpha value is -0.180. The average molecular weight is 244 g/mol. The van der Waals surface area contributed by atoms with Crippen LogP contribution in [-0.2, 0) is 0 Å². The Balaban J connectivity index is 2.94. The van der Waals surface area contributed by atoms with Gasteiger partial charge in [0.1, 0.15) is 0 Å². The molecule has 0 amide bonds. The number of halogens is 1. The van der Waals surface area contributed by atoms with Crippen LogP contribution < -0.4 is 5.73 Å². The summed E-state index contributed by atoms with van der Waals surface area (Å²) in [6, 6.07) is 8.05. The second-order valence-electron chi connectivity index (χ2n) is 3.99. The molecule has 1 rings (SSSR count). The second-order valence-corrected chi connectivity index (χ2v) is 6.12. The minimum absolute atomic E-state index is 0.109. The fraction of sp³-hybridized carbons (Fsp3) is 0.500. The van der Waals surface area contributed by atoms with Crippen molar-refractivity contribution >= 4 is 23.4 Å². The van der Waals surface area contributed by atoms with Crippen LogP contribution in [-0.4, -0.2) is 11.3 Å². The summed E-state index contributed by atoms with van der Waals surface area (Å²) in [6.07, 6.45) is 0. The minimum atomic E-state index is 0.109. The highest BCUT2D eigenvalue weighted by Gasteiger charge is 2.20. The van der Waals surface area contributed by atoms with Gasteiger partial charge in [-0.25, -0.2) is 0 Å². The molecule has 2 atom stereocenters. The molecule has 3 heteroatoms. The SMILES string of the molecule is CC(C)SC(c1ccccc1Cl)C(C)N. The zero-order valence-electron chi connectivity index (χ0n) is 9.41. The maximum Gasteiger partial charge on any atom is 0.0462 e. The van der Waals surface area contributed by atoms with Crippen molar-refractivity contribution in [1.82, 2.24) is 0 Å². The molecule has 0 fully saturated rings. The molecule has 0 aliphatic carbocycles. The lowest BCUT2D eigenvalue weighted by atomic mass is 10.1. The Morgan fingerprint density at radius 3 is 2.27 bits per heavy atom. The lowest BCUT2D eigenvalue weighted by molar-refractivity contribution is 0.718. The standard InChI is InChI=1S/C12H18ClNS/c1-8(2)15-12(9(3)14)10-6-4-5-7-11(10)13/h4-9,12H,14H2,1-3H3. The van der Waals surface area contributed by atoms with Crippen molar-refractivity contribution in [3.8, 4) is 0 Å². The highest BCUT2D eigenvalue weighted by atomic mass is 35.5. The van der Waals surface area contributed by atoms with Crippen LogP contribution in [0.15, 0.2) is 24.3 Å². The fourth-order valence-corrected chi connectivity index (χ4v) is 2.98. The zero-order valence-corrected chi connectivity index (χ0v) is 11.0. The summed E-state index contributed by atoms with van der Waals surface area (Å²) in [5.74, 6) is 0. The quantitative estimate of drug-likeness (QED) is 0.869. The Labute approximate surface area is 101 Å². The second kappa shape index (κ2) is 5.78. The molecule has 0 radical (unpaired) electrons. The normalized spacial score (nSPS) is 15.3. The molecule has 15 heavy (non-hydrogen) atoms. The molecule has 0 bridgehead atoms. The van der Waals surface area contributed by atoms with Crippen LogP contribution in [0, 0.1) is 0 Å². The number of nitrogens with two attached hydrogens (primary N) is 1. The monoisotopic (exact) mass is 243 g/mol. The fourth-order valence-electron chi connectivity index (χ4n) is 1.48. The van der Waals surface area contributed by atoms with E-state index in [0.29, 0.717) is 5.25 Å². The van der Waals surface area contributed by atoms with E-state index in [9.17, 15) is 0 Å². The maximum atomic E-state index is 6.18. The lowest BCUT2D eigenvalue weighted by Crippen LogP contribution is -2.23. The van der Waals surface area contributed by atoms with E-state index in [1.807, 2.05) is 36.9 Å². The molecule has 0 saturated heterocycles. The topological polar surface area (TPSA) is 26.0 Å². The lowest BCUT2D eigenvalue weighted by Gasteiger charge is -2.23. The highest BCUT2D eigenvalue weighted by Crippen LogP contribution is 2.37. The Bertz CT molecular complexity index is 312. The van der Waals surface area contributed by atoms with E-state index in [4.69, 9.17) is 17.3 Å². The predicted octanol–water partition coefficient (Wildman–Crippen LogP) is 3.87. The first-order valence-electron chi connectivity index (χ1n) is 5.18. The molecule has 0 spiro atoms. The van der Waals surface area contributed by atoms with E-state index >= 15 is 0 Å². The van der Waals surface area contributed by atoms with Gasteiger partial charge in [-0.05, 0) is 23.8 Å². The van der Waals surface area contributed by atoms with E-state index in [2.05, 4.69) is 19.9 Å². The van der Waals surface area contributed by atoms with E-state index < -0.39 is 0 Å². The van der Waals surface area contributed by atoms with Crippen molar-refractivity contribution in [3.05, 3.63) is 34.9 Å². The molecule has 0 aliphatic rings. The Morgan fingerprint density at radius 2 is 1.80 bits per heavy atom. The van der Waals surface area contributed by atoms with Gasteiger partial charge < -0.3 is 5.73 Å². The van der Waals surface area contributed by atoms with E-state index in [1.54, 1.807) is 0 Å². The summed E-state index contributed by atoms with van der Waals surface area (Å²) in [7, 11) is 0. The van der Waals surface area contributed by atoms with Gasteiger partial charge in [0.2, 0.25) is 0 Å². The summed E-state index contributed by atoms with van der Waals surface area (Å²) in [4.78, 5) is 0. The molecule has 1 nitrogen and oxygen atoms in total. The van der Waals surface area contributed by atoms with Crippen molar-refractivity contribution in [3.63, 3.8) is 0 Å². The van der Waals surface area contributed by atoms with Crippen LogP contribution in [0.5, 0.6) is 0 Å². The molecular weight excluding hydrogens is 226 g/mol. The third-order valence-electron chi connectivity index (χ3n) is 2.11. The van der Waals surface area contributed by atoms with Crippen LogP contribution in [0.4, 0.5) is 0 Å². The van der Waals surface area contributed by atoms with Crippen LogP contribution >= 0.6 is 23.4 Å². The van der Waals surface area contributed by atoms with Gasteiger partial charge >= 0.3 is 0 Å². The van der Waals surface area contributed by atoms with Crippen LogP contribution in [0.25, 0.3) is 0 Å². The molecule has 0 saturated carbocycles. The Kier molecular flexibility index (Phi) is 4.97. The third-order valence-corrected chi connectivity index (χ3v) is 3.97. The molecule has 84 valence electrons. The molecule has 1 aromatic carbocycles. The van der Waals surface area contributed by atoms with Gasteiger partial charge in [0.25, 0.3) is 0 Å². The first-order valence-corrected chi connectivity index (χ1v) is 6.50. The summed E-state index contributed by atoms with van der Waals surface area (Å²) in [6.45, 7) is 6.39. The highest BCUT2D eigenvalue weighted by molar-refractivity contribution is 8.00. The summed E-state index contributed by atoms with van der Waals surface area (Å²) < 4.78 is 0. The molecule has 0 aliphatic heterocycles. The maximum absolute atomic E-state index is 6.18. The number of hydrogen-bond acceptors (Lipinski definition) is 2. The van der Waals surface area contributed by atoms with Crippen LogP contribution in [0.2, 0.25) is 5.02 Å².